The molecule has 0 aromatic rings. The SMILES string of the molecule is CC(=O)N[C@@]1(C(=O)O)CC[C@@H]1C. The Hall–Kier alpha value is -1.06. The molecule has 1 aliphatic rings. The number of hydrogen-bond donors (Lipinski definition) is 2. The van der Waals surface area contributed by atoms with Crippen LogP contribution in [0.2, 0.25) is 0 Å². The van der Waals surface area contributed by atoms with Crippen LogP contribution in [-0.2, 0) is 9.59 Å². The molecule has 4 heteroatoms. The predicted molar refractivity (Wildman–Crippen MR) is 42.6 cm³/mol. The van der Waals surface area contributed by atoms with Crippen LogP contribution in [0.15, 0.2) is 0 Å². The summed E-state index contributed by atoms with van der Waals surface area (Å²) >= 11 is 0. The number of carboxylic acids is 1. The van der Waals surface area contributed by atoms with Gasteiger partial charge in [-0.2, -0.15) is 0 Å². The van der Waals surface area contributed by atoms with Crippen LogP contribution >= 0.6 is 0 Å². The van der Waals surface area contributed by atoms with Gasteiger partial charge >= 0.3 is 5.97 Å². The van der Waals surface area contributed by atoms with Crippen molar-refractivity contribution in [3.05, 3.63) is 0 Å². The highest BCUT2D eigenvalue weighted by Gasteiger charge is 2.51. The van der Waals surface area contributed by atoms with E-state index in [1.165, 1.54) is 6.92 Å². The average molecular weight is 171 g/mol. The quantitative estimate of drug-likeness (QED) is 0.631. The molecular weight excluding hydrogens is 158 g/mol. The molecule has 2 N–H and O–H groups in total. The molecule has 1 amide bonds. The van der Waals surface area contributed by atoms with E-state index in [9.17, 15) is 9.59 Å². The van der Waals surface area contributed by atoms with Gasteiger partial charge in [0.25, 0.3) is 0 Å². The molecule has 68 valence electrons. The minimum absolute atomic E-state index is 0.0406. The number of amides is 1. The fourth-order valence-corrected chi connectivity index (χ4v) is 1.59. The lowest BCUT2D eigenvalue weighted by Gasteiger charge is -2.44. The largest absolute Gasteiger partial charge is 0.479 e. The molecule has 0 aromatic carbocycles. The van der Waals surface area contributed by atoms with Crippen LogP contribution in [0.25, 0.3) is 0 Å². The molecule has 0 radical (unpaired) electrons. The molecule has 0 aliphatic heterocycles. The third kappa shape index (κ3) is 1.17. The molecule has 4 nitrogen and oxygen atoms in total. The number of nitrogens with one attached hydrogen (secondary N) is 1. The summed E-state index contributed by atoms with van der Waals surface area (Å²) in [4.78, 5) is 21.6. The van der Waals surface area contributed by atoms with E-state index in [1.54, 1.807) is 0 Å². The predicted octanol–water partition coefficient (Wildman–Crippen LogP) is 0.376. The highest BCUT2D eigenvalue weighted by Crippen LogP contribution is 2.38. The van der Waals surface area contributed by atoms with Crippen molar-refractivity contribution in [2.24, 2.45) is 5.92 Å². The molecule has 12 heavy (non-hydrogen) atoms. The Kier molecular flexibility index (Phi) is 2.08. The van der Waals surface area contributed by atoms with E-state index in [0.717, 1.165) is 6.42 Å². The van der Waals surface area contributed by atoms with Gasteiger partial charge in [0.1, 0.15) is 5.54 Å². The topological polar surface area (TPSA) is 66.4 Å². The second kappa shape index (κ2) is 2.77. The molecule has 2 atom stereocenters. The van der Waals surface area contributed by atoms with Crippen molar-refractivity contribution in [1.29, 1.82) is 0 Å². The maximum absolute atomic E-state index is 10.8. The molecule has 0 spiro atoms. The summed E-state index contributed by atoms with van der Waals surface area (Å²) in [7, 11) is 0. The number of hydrogen-bond acceptors (Lipinski definition) is 2. The van der Waals surface area contributed by atoms with Gasteiger partial charge in [0.05, 0.1) is 0 Å². The average Bonchev–Trinajstić information content (AvgIpc) is 1.96. The molecule has 0 unspecified atom stereocenters. The summed E-state index contributed by atoms with van der Waals surface area (Å²) in [6.07, 6.45) is 1.41. The zero-order valence-corrected chi connectivity index (χ0v) is 7.26. The number of carboxylic acid groups (broad SMARTS) is 1. The molecule has 1 rings (SSSR count). The van der Waals surface area contributed by atoms with Gasteiger partial charge in [0.15, 0.2) is 0 Å². The van der Waals surface area contributed by atoms with Crippen LogP contribution < -0.4 is 5.32 Å². The normalized spacial score (nSPS) is 33.7. The number of carbonyl (C=O) groups excluding carboxylic acids is 1. The van der Waals surface area contributed by atoms with Crippen molar-refractivity contribution in [2.45, 2.75) is 32.2 Å². The van der Waals surface area contributed by atoms with Crippen molar-refractivity contribution in [3.63, 3.8) is 0 Å². The summed E-state index contributed by atoms with van der Waals surface area (Å²) in [6, 6.07) is 0. The van der Waals surface area contributed by atoms with Gasteiger partial charge in [-0.3, -0.25) is 4.79 Å². The van der Waals surface area contributed by atoms with Gasteiger partial charge in [-0.25, -0.2) is 4.79 Å². The minimum atomic E-state index is -0.980. The lowest BCUT2D eigenvalue weighted by Crippen LogP contribution is -2.63. The zero-order chi connectivity index (χ0) is 9.35. The molecule has 0 saturated heterocycles. The number of aliphatic carboxylic acids is 1. The number of carbonyl (C=O) groups is 2. The summed E-state index contributed by atoms with van der Waals surface area (Å²) in [5, 5.41) is 11.4. The van der Waals surface area contributed by atoms with Crippen molar-refractivity contribution < 1.29 is 14.7 Å². The lowest BCUT2D eigenvalue weighted by molar-refractivity contribution is -0.155. The smallest absolute Gasteiger partial charge is 0.329 e. The number of rotatable bonds is 2. The van der Waals surface area contributed by atoms with Gasteiger partial charge in [0.2, 0.25) is 5.91 Å². The van der Waals surface area contributed by atoms with E-state index in [0.29, 0.717) is 6.42 Å². The second-order valence-electron chi connectivity index (χ2n) is 3.40. The summed E-state index contributed by atoms with van der Waals surface area (Å²) in [5.74, 6) is -1.15. The lowest BCUT2D eigenvalue weighted by atomic mass is 9.67. The van der Waals surface area contributed by atoms with Crippen molar-refractivity contribution in [1.82, 2.24) is 5.32 Å². The third-order valence-corrected chi connectivity index (χ3v) is 2.59. The molecular formula is C8H13NO3. The Morgan fingerprint density at radius 1 is 1.58 bits per heavy atom. The molecule has 0 aromatic heterocycles. The molecule has 0 bridgehead atoms. The van der Waals surface area contributed by atoms with Crippen LogP contribution in [0.5, 0.6) is 0 Å². The second-order valence-corrected chi connectivity index (χ2v) is 3.40. The molecule has 0 heterocycles. The molecule has 1 fully saturated rings. The summed E-state index contributed by atoms with van der Waals surface area (Å²) in [5.41, 5.74) is -0.980. The monoisotopic (exact) mass is 171 g/mol. The van der Waals surface area contributed by atoms with Crippen LogP contribution in [0.4, 0.5) is 0 Å². The van der Waals surface area contributed by atoms with E-state index in [1.807, 2.05) is 6.92 Å². The highest BCUT2D eigenvalue weighted by atomic mass is 16.4. The van der Waals surface area contributed by atoms with Crippen molar-refractivity contribution in [3.8, 4) is 0 Å². The zero-order valence-electron chi connectivity index (χ0n) is 7.26. The van der Waals surface area contributed by atoms with Gasteiger partial charge in [-0.15, -0.1) is 0 Å². The maximum Gasteiger partial charge on any atom is 0.329 e. The fourth-order valence-electron chi connectivity index (χ4n) is 1.59. The first kappa shape index (κ1) is 9.03. The summed E-state index contributed by atoms with van der Waals surface area (Å²) in [6.45, 7) is 3.18. The van der Waals surface area contributed by atoms with E-state index in [4.69, 9.17) is 5.11 Å². The van der Waals surface area contributed by atoms with E-state index < -0.39 is 11.5 Å². The van der Waals surface area contributed by atoms with E-state index in [2.05, 4.69) is 5.32 Å². The third-order valence-electron chi connectivity index (χ3n) is 2.59. The van der Waals surface area contributed by atoms with Crippen LogP contribution in [-0.4, -0.2) is 22.5 Å². The van der Waals surface area contributed by atoms with Crippen molar-refractivity contribution in [2.75, 3.05) is 0 Å². The first-order valence-electron chi connectivity index (χ1n) is 4.01. The van der Waals surface area contributed by atoms with Crippen LogP contribution in [0.1, 0.15) is 26.7 Å². The van der Waals surface area contributed by atoms with Crippen LogP contribution in [0.3, 0.4) is 0 Å². The Morgan fingerprint density at radius 2 is 2.17 bits per heavy atom. The van der Waals surface area contributed by atoms with Crippen LogP contribution in [0, 0.1) is 5.92 Å². The van der Waals surface area contributed by atoms with Gasteiger partial charge in [-0.1, -0.05) is 6.92 Å². The molecule has 1 aliphatic carbocycles. The van der Waals surface area contributed by atoms with Gasteiger partial charge in [0, 0.05) is 6.92 Å². The Balaban J connectivity index is 2.74. The Bertz CT molecular complexity index is 226. The fraction of sp³-hybridized carbons (Fsp3) is 0.750. The first-order valence-corrected chi connectivity index (χ1v) is 4.01. The summed E-state index contributed by atoms with van der Waals surface area (Å²) < 4.78 is 0. The highest BCUT2D eigenvalue weighted by molar-refractivity contribution is 5.87. The minimum Gasteiger partial charge on any atom is -0.479 e. The standard InChI is InChI=1S/C8H13NO3/c1-5-3-4-8(5,7(11)12)9-6(2)10/h5H,3-4H2,1-2H3,(H,9,10)(H,11,12)/t5-,8-/m0/s1. The van der Waals surface area contributed by atoms with E-state index >= 15 is 0 Å². The first-order chi connectivity index (χ1) is 5.49. The Labute approximate surface area is 71.0 Å². The maximum atomic E-state index is 10.8. The Morgan fingerprint density at radius 3 is 2.25 bits per heavy atom. The van der Waals surface area contributed by atoms with Gasteiger partial charge in [-0.05, 0) is 18.8 Å². The van der Waals surface area contributed by atoms with Crippen molar-refractivity contribution >= 4 is 11.9 Å². The van der Waals surface area contributed by atoms with Gasteiger partial charge < -0.3 is 10.4 Å². The van der Waals surface area contributed by atoms with E-state index in [-0.39, 0.29) is 11.8 Å². The molecule has 1 saturated carbocycles.